The van der Waals surface area contributed by atoms with Gasteiger partial charge in [0.1, 0.15) is 11.4 Å². The number of benzene rings is 2. The van der Waals surface area contributed by atoms with Crippen LogP contribution < -0.4 is 10.6 Å². The maximum atomic E-state index is 13.5. The number of halogens is 2. The summed E-state index contributed by atoms with van der Waals surface area (Å²) >= 11 is 3.05. The molecule has 0 bridgehead atoms. The Morgan fingerprint density at radius 2 is 1.77 bits per heavy atom. The molecule has 26 heavy (non-hydrogen) atoms. The number of carbonyl (C=O) groups is 2. The van der Waals surface area contributed by atoms with Gasteiger partial charge in [-0.1, -0.05) is 12.1 Å². The zero-order valence-electron chi connectivity index (χ0n) is 14.7. The van der Waals surface area contributed by atoms with E-state index in [4.69, 9.17) is 4.74 Å². The lowest BCUT2D eigenvalue weighted by Crippen LogP contribution is -2.32. The van der Waals surface area contributed by atoms with Crippen molar-refractivity contribution in [2.75, 3.05) is 5.32 Å². The van der Waals surface area contributed by atoms with Crippen LogP contribution in [0, 0.1) is 5.82 Å². The lowest BCUT2D eigenvalue weighted by Gasteiger charge is -2.19. The van der Waals surface area contributed by atoms with Crippen molar-refractivity contribution in [2.24, 2.45) is 0 Å². The number of hydrogen-bond acceptors (Lipinski definition) is 3. The van der Waals surface area contributed by atoms with Crippen LogP contribution in [0.15, 0.2) is 46.9 Å². The summed E-state index contributed by atoms with van der Waals surface area (Å²) in [7, 11) is 0. The van der Waals surface area contributed by atoms with Crippen LogP contribution in [0.3, 0.4) is 0 Å². The Hall–Kier alpha value is -2.41. The summed E-state index contributed by atoms with van der Waals surface area (Å²) < 4.78 is 19.0. The van der Waals surface area contributed by atoms with Crippen molar-refractivity contribution in [2.45, 2.75) is 32.9 Å². The Bertz CT molecular complexity index is 801. The summed E-state index contributed by atoms with van der Waals surface area (Å²) in [6.45, 7) is 5.69. The maximum absolute atomic E-state index is 13.5. The highest BCUT2D eigenvalue weighted by molar-refractivity contribution is 9.10. The molecule has 0 radical (unpaired) electrons. The van der Waals surface area contributed by atoms with Crippen molar-refractivity contribution in [1.29, 1.82) is 0 Å². The Balaban J connectivity index is 1.91. The maximum Gasteiger partial charge on any atom is 0.407 e. The second-order valence-corrected chi connectivity index (χ2v) is 7.49. The summed E-state index contributed by atoms with van der Waals surface area (Å²) in [5.41, 5.74) is 1.09. The quantitative estimate of drug-likeness (QED) is 0.738. The molecule has 0 aliphatic rings. The molecule has 0 atom stereocenters. The van der Waals surface area contributed by atoms with Crippen molar-refractivity contribution < 1.29 is 18.7 Å². The van der Waals surface area contributed by atoms with E-state index in [-0.39, 0.29) is 5.56 Å². The third-order valence-electron chi connectivity index (χ3n) is 3.23. The molecule has 0 heterocycles. The number of nitrogens with one attached hydrogen (secondary N) is 2. The predicted octanol–water partition coefficient (Wildman–Crippen LogP) is 4.87. The fourth-order valence-corrected chi connectivity index (χ4v) is 2.28. The van der Waals surface area contributed by atoms with Gasteiger partial charge in [0.25, 0.3) is 5.91 Å². The average molecular weight is 423 g/mol. The third-order valence-corrected chi connectivity index (χ3v) is 3.87. The van der Waals surface area contributed by atoms with Crippen LogP contribution in [0.4, 0.5) is 14.9 Å². The molecule has 0 aliphatic heterocycles. The van der Waals surface area contributed by atoms with Gasteiger partial charge in [-0.05, 0) is 72.6 Å². The highest BCUT2D eigenvalue weighted by Gasteiger charge is 2.15. The standard InChI is InChI=1S/C19H20BrFN2O3/c1-19(2,3)26-18(25)22-11-12-4-7-14(8-5-12)23-17(24)13-6-9-15(20)16(21)10-13/h4-10H,11H2,1-3H3,(H,22,25)(H,23,24). The van der Waals surface area contributed by atoms with E-state index in [0.29, 0.717) is 16.7 Å². The Labute approximate surface area is 160 Å². The van der Waals surface area contributed by atoms with Gasteiger partial charge in [-0.3, -0.25) is 4.79 Å². The first-order chi connectivity index (χ1) is 12.1. The molecule has 0 aliphatic carbocycles. The average Bonchev–Trinajstić information content (AvgIpc) is 2.55. The van der Waals surface area contributed by atoms with E-state index in [1.165, 1.54) is 18.2 Å². The predicted molar refractivity (Wildman–Crippen MR) is 102 cm³/mol. The van der Waals surface area contributed by atoms with Gasteiger partial charge in [0.05, 0.1) is 4.47 Å². The lowest BCUT2D eigenvalue weighted by molar-refractivity contribution is 0.0523. The number of rotatable bonds is 4. The SMILES string of the molecule is CC(C)(C)OC(=O)NCc1ccc(NC(=O)c2ccc(Br)c(F)c2)cc1. The molecular weight excluding hydrogens is 403 g/mol. The second-order valence-electron chi connectivity index (χ2n) is 6.64. The van der Waals surface area contributed by atoms with Crippen LogP contribution in [-0.2, 0) is 11.3 Å². The first kappa shape index (κ1) is 19.9. The van der Waals surface area contributed by atoms with E-state index in [1.54, 1.807) is 45.0 Å². The zero-order chi connectivity index (χ0) is 19.3. The highest BCUT2D eigenvalue weighted by atomic mass is 79.9. The fourth-order valence-electron chi connectivity index (χ4n) is 2.03. The fraction of sp³-hybridized carbons (Fsp3) is 0.263. The van der Waals surface area contributed by atoms with Crippen LogP contribution in [0.2, 0.25) is 0 Å². The van der Waals surface area contributed by atoms with Crippen molar-refractivity contribution in [1.82, 2.24) is 5.32 Å². The molecule has 5 nitrogen and oxygen atoms in total. The molecule has 2 amide bonds. The van der Waals surface area contributed by atoms with E-state index in [1.807, 2.05) is 0 Å². The van der Waals surface area contributed by atoms with Gasteiger partial charge >= 0.3 is 6.09 Å². The van der Waals surface area contributed by atoms with Gasteiger partial charge in [0.15, 0.2) is 0 Å². The van der Waals surface area contributed by atoms with E-state index in [9.17, 15) is 14.0 Å². The zero-order valence-corrected chi connectivity index (χ0v) is 16.3. The minimum Gasteiger partial charge on any atom is -0.444 e. The number of amides is 2. The molecular formula is C19H20BrFN2O3. The summed E-state index contributed by atoms with van der Waals surface area (Å²) in [5.74, 6) is -0.905. The van der Waals surface area contributed by atoms with E-state index < -0.39 is 23.4 Å². The Morgan fingerprint density at radius 1 is 1.12 bits per heavy atom. The Kier molecular flexibility index (Phi) is 6.37. The monoisotopic (exact) mass is 422 g/mol. The first-order valence-corrected chi connectivity index (χ1v) is 8.75. The number of carbonyl (C=O) groups excluding carboxylic acids is 2. The molecule has 0 fully saturated rings. The molecule has 2 rings (SSSR count). The summed E-state index contributed by atoms with van der Waals surface area (Å²) in [4.78, 5) is 23.8. The first-order valence-electron chi connectivity index (χ1n) is 7.96. The van der Waals surface area contributed by atoms with Crippen LogP contribution >= 0.6 is 15.9 Å². The number of hydrogen-bond donors (Lipinski definition) is 2. The van der Waals surface area contributed by atoms with Crippen molar-refractivity contribution >= 4 is 33.6 Å². The molecule has 2 N–H and O–H groups in total. The van der Waals surface area contributed by atoms with Gasteiger partial charge in [0.2, 0.25) is 0 Å². The van der Waals surface area contributed by atoms with Crippen molar-refractivity contribution in [3.63, 3.8) is 0 Å². The largest absolute Gasteiger partial charge is 0.444 e. The normalized spacial score (nSPS) is 11.0. The summed E-state index contributed by atoms with van der Waals surface area (Å²) in [6.07, 6.45) is -0.493. The number of anilines is 1. The molecule has 138 valence electrons. The lowest BCUT2D eigenvalue weighted by atomic mass is 10.1. The third kappa shape index (κ3) is 6.15. The van der Waals surface area contributed by atoms with Crippen molar-refractivity contribution in [3.8, 4) is 0 Å². The van der Waals surface area contributed by atoms with Gasteiger partial charge in [-0.2, -0.15) is 0 Å². The topological polar surface area (TPSA) is 67.4 Å². The Morgan fingerprint density at radius 3 is 2.35 bits per heavy atom. The molecule has 2 aromatic carbocycles. The molecule has 0 spiro atoms. The van der Waals surface area contributed by atoms with Gasteiger partial charge in [-0.15, -0.1) is 0 Å². The second kappa shape index (κ2) is 8.31. The molecule has 2 aromatic rings. The van der Waals surface area contributed by atoms with Gasteiger partial charge in [0, 0.05) is 17.8 Å². The van der Waals surface area contributed by atoms with Crippen LogP contribution in [-0.4, -0.2) is 17.6 Å². The molecule has 0 unspecified atom stereocenters. The van der Waals surface area contributed by atoms with E-state index >= 15 is 0 Å². The van der Waals surface area contributed by atoms with E-state index in [0.717, 1.165) is 5.56 Å². The minimum atomic E-state index is -0.551. The van der Waals surface area contributed by atoms with Crippen LogP contribution in [0.1, 0.15) is 36.7 Å². The van der Waals surface area contributed by atoms with E-state index in [2.05, 4.69) is 26.6 Å². The minimum absolute atomic E-state index is 0.223. The van der Waals surface area contributed by atoms with Gasteiger partial charge in [-0.25, -0.2) is 9.18 Å². The van der Waals surface area contributed by atoms with Crippen LogP contribution in [0.5, 0.6) is 0 Å². The highest BCUT2D eigenvalue weighted by Crippen LogP contribution is 2.18. The van der Waals surface area contributed by atoms with Gasteiger partial charge < -0.3 is 15.4 Å². The smallest absolute Gasteiger partial charge is 0.407 e. The molecule has 0 saturated carbocycles. The number of alkyl carbamates (subject to hydrolysis) is 1. The summed E-state index contributed by atoms with van der Waals surface area (Å²) in [6, 6.07) is 11.1. The van der Waals surface area contributed by atoms with Crippen molar-refractivity contribution in [3.05, 3.63) is 63.9 Å². The molecule has 0 aromatic heterocycles. The number of ether oxygens (including phenoxy) is 1. The molecule has 0 saturated heterocycles. The summed E-state index contributed by atoms with van der Waals surface area (Å²) in [5, 5.41) is 5.35. The van der Waals surface area contributed by atoms with Crippen LogP contribution in [0.25, 0.3) is 0 Å². The molecule has 7 heteroatoms.